The molecule has 2 amide bonds. The number of benzene rings is 2. The van der Waals surface area contributed by atoms with Gasteiger partial charge in [0.05, 0.1) is 55.4 Å². The van der Waals surface area contributed by atoms with E-state index in [2.05, 4.69) is 25.3 Å². The maximum absolute atomic E-state index is 14.1. The summed E-state index contributed by atoms with van der Waals surface area (Å²) in [6, 6.07) is 9.86. The lowest BCUT2D eigenvalue weighted by Crippen LogP contribution is -2.48. The van der Waals surface area contributed by atoms with E-state index in [0.29, 0.717) is 24.1 Å². The molecule has 1 aliphatic rings. The number of anilines is 1. The number of fused-ring (bicyclic) bond motifs is 1. The molecule has 308 valence electrons. The van der Waals surface area contributed by atoms with Crippen molar-refractivity contribution in [2.75, 3.05) is 25.7 Å². The number of aliphatic imine (C=N–C) groups is 1. The second-order valence-electron chi connectivity index (χ2n) is 12.8. The van der Waals surface area contributed by atoms with Crippen LogP contribution in [0.3, 0.4) is 0 Å². The van der Waals surface area contributed by atoms with Crippen LogP contribution in [0.4, 0.5) is 41.6 Å². The van der Waals surface area contributed by atoms with E-state index in [1.54, 1.807) is 50.2 Å². The Balaban J connectivity index is 1.57. The van der Waals surface area contributed by atoms with Crippen molar-refractivity contribution in [2.45, 2.75) is 70.2 Å². The molecule has 0 aliphatic carbocycles. The predicted molar refractivity (Wildman–Crippen MR) is 195 cm³/mol. The zero-order valence-electron chi connectivity index (χ0n) is 31.6. The predicted octanol–water partition coefficient (Wildman–Crippen LogP) is 7.98. The fourth-order valence-electron chi connectivity index (χ4n) is 6.25. The van der Waals surface area contributed by atoms with Crippen LogP contribution in [-0.4, -0.2) is 65.7 Å². The van der Waals surface area contributed by atoms with Crippen LogP contribution in [0.1, 0.15) is 78.1 Å². The summed E-state index contributed by atoms with van der Waals surface area (Å²) in [5.74, 6) is -1.13. The van der Waals surface area contributed by atoms with Crippen LogP contribution >= 0.6 is 0 Å². The summed E-state index contributed by atoms with van der Waals surface area (Å²) < 4.78 is 105. The quantitative estimate of drug-likeness (QED) is 0.0641. The van der Waals surface area contributed by atoms with Crippen molar-refractivity contribution in [3.63, 3.8) is 0 Å². The number of nitrogens with zero attached hydrogens (tertiary/aromatic N) is 5. The number of hydrogen-bond donors (Lipinski definition) is 1. The van der Waals surface area contributed by atoms with E-state index in [0.717, 1.165) is 7.11 Å². The molecule has 0 radical (unpaired) electrons. The number of nitrogens with one attached hydrogen (secondary N) is 1. The number of carbonyl (C=O) groups is 3. The van der Waals surface area contributed by atoms with Crippen molar-refractivity contribution in [1.29, 1.82) is 0 Å². The summed E-state index contributed by atoms with van der Waals surface area (Å²) in [5.41, 5.74) is -2.71. The third kappa shape index (κ3) is 10.4. The van der Waals surface area contributed by atoms with Gasteiger partial charge in [-0.3, -0.25) is 10.2 Å². The van der Waals surface area contributed by atoms with Crippen LogP contribution in [0.2, 0.25) is 0 Å². The number of pyridine rings is 1. The SMILES string of the molecule is CCOC(=O)N1c2ccc(OC)nc2[C@@H](NC(c2cc(C(F)(F)F)cc(C(F)(F)F)c2)c2ncc(CC(=NC(=O)OCc3ccccc3)C(=O)OC)cn2)C[C@H]1CC. The highest BCUT2D eigenvalue weighted by Crippen LogP contribution is 2.42. The van der Waals surface area contributed by atoms with Gasteiger partial charge < -0.3 is 18.9 Å². The molecule has 2 aromatic heterocycles. The highest BCUT2D eigenvalue weighted by molar-refractivity contribution is 6.38. The van der Waals surface area contributed by atoms with Crippen molar-refractivity contribution in [1.82, 2.24) is 20.3 Å². The first-order valence-electron chi connectivity index (χ1n) is 17.8. The second-order valence-corrected chi connectivity index (χ2v) is 12.8. The Morgan fingerprint density at radius 2 is 1.55 bits per heavy atom. The van der Waals surface area contributed by atoms with Crippen molar-refractivity contribution >= 4 is 29.6 Å². The van der Waals surface area contributed by atoms with E-state index in [1.165, 1.54) is 30.5 Å². The molecule has 0 saturated heterocycles. The molecule has 0 saturated carbocycles. The number of alkyl halides is 6. The van der Waals surface area contributed by atoms with E-state index < -0.39 is 71.0 Å². The lowest BCUT2D eigenvalue weighted by molar-refractivity contribution is -0.143. The van der Waals surface area contributed by atoms with Crippen LogP contribution in [0.5, 0.6) is 5.88 Å². The van der Waals surface area contributed by atoms with Gasteiger partial charge in [0.1, 0.15) is 18.1 Å². The molecule has 1 unspecified atom stereocenters. The maximum atomic E-state index is 14.1. The second kappa shape index (κ2) is 18.4. The molecule has 5 rings (SSSR count). The fraction of sp³-hybridized carbons (Fsp3) is 0.359. The van der Waals surface area contributed by atoms with Gasteiger partial charge in [0.15, 0.2) is 0 Å². The summed E-state index contributed by atoms with van der Waals surface area (Å²) in [5, 5.41) is 3.13. The van der Waals surface area contributed by atoms with E-state index in [1.807, 2.05) is 0 Å². The van der Waals surface area contributed by atoms with E-state index >= 15 is 0 Å². The molecular formula is C39H38F6N6O7. The average molecular weight is 817 g/mol. The molecule has 0 spiro atoms. The van der Waals surface area contributed by atoms with Crippen molar-refractivity contribution < 1.29 is 59.7 Å². The van der Waals surface area contributed by atoms with Gasteiger partial charge >= 0.3 is 30.5 Å². The van der Waals surface area contributed by atoms with Gasteiger partial charge in [-0.2, -0.15) is 31.3 Å². The lowest BCUT2D eigenvalue weighted by Gasteiger charge is -2.40. The Hall–Kier alpha value is -6.11. The number of aromatic nitrogens is 3. The Labute approximate surface area is 328 Å². The molecule has 1 aliphatic heterocycles. The smallest absolute Gasteiger partial charge is 0.434 e. The maximum Gasteiger partial charge on any atom is 0.434 e. The van der Waals surface area contributed by atoms with Gasteiger partial charge in [-0.25, -0.2) is 29.3 Å². The summed E-state index contributed by atoms with van der Waals surface area (Å²) in [6.45, 7) is 3.35. The summed E-state index contributed by atoms with van der Waals surface area (Å²) >= 11 is 0. The number of ether oxygens (including phenoxy) is 4. The Morgan fingerprint density at radius 3 is 2.12 bits per heavy atom. The summed E-state index contributed by atoms with van der Waals surface area (Å²) in [7, 11) is 2.41. The standard InChI is InChI=1S/C39H38F6N6O7/c1-5-27-18-28(33-30(12-13-31(50-33)55-3)51(27)37(54)57-6-2)48-32(24-15-25(38(40,41)42)17-26(16-24)39(43,44)45)34-46-19-23(20-47-34)14-29(35(52)56-4)49-36(53)58-21-22-10-8-7-9-11-22/h7-13,15-17,19-20,27-28,32,48H,5-6,14,18,21H2,1-4H3/t27-,28+,32?/m1/s1. The highest BCUT2D eigenvalue weighted by Gasteiger charge is 2.41. The Morgan fingerprint density at radius 1 is 0.897 bits per heavy atom. The van der Waals surface area contributed by atoms with Gasteiger partial charge in [-0.05, 0) is 60.7 Å². The van der Waals surface area contributed by atoms with Crippen molar-refractivity contribution in [2.24, 2.45) is 4.99 Å². The van der Waals surface area contributed by atoms with Crippen molar-refractivity contribution in [3.05, 3.63) is 112 Å². The number of halogens is 6. The first kappa shape index (κ1) is 43.0. The molecule has 0 bridgehead atoms. The third-order valence-electron chi connectivity index (χ3n) is 9.00. The average Bonchev–Trinajstić information content (AvgIpc) is 3.20. The fourth-order valence-corrected chi connectivity index (χ4v) is 6.25. The lowest BCUT2D eigenvalue weighted by atomic mass is 9.91. The van der Waals surface area contributed by atoms with Gasteiger partial charge in [0, 0.05) is 30.9 Å². The first-order valence-corrected chi connectivity index (χ1v) is 17.8. The summed E-state index contributed by atoms with van der Waals surface area (Å²) in [6.07, 6.45) is -9.66. The normalized spacial score (nSPS) is 16.2. The van der Waals surface area contributed by atoms with Crippen LogP contribution in [0, 0.1) is 0 Å². The monoisotopic (exact) mass is 816 g/mol. The van der Waals surface area contributed by atoms with Crippen LogP contribution in [0.25, 0.3) is 0 Å². The number of rotatable bonds is 12. The van der Waals surface area contributed by atoms with E-state index in [-0.39, 0.29) is 60.8 Å². The molecule has 0 fully saturated rings. The number of esters is 1. The minimum Gasteiger partial charge on any atom is -0.481 e. The van der Waals surface area contributed by atoms with E-state index in [4.69, 9.17) is 18.9 Å². The topological polar surface area (TPSA) is 154 Å². The number of carbonyl (C=O) groups excluding carboxylic acids is 3. The van der Waals surface area contributed by atoms with Gasteiger partial charge in [-0.1, -0.05) is 37.3 Å². The Bertz CT molecular complexity index is 2080. The number of hydrogen-bond acceptors (Lipinski definition) is 11. The highest BCUT2D eigenvalue weighted by atomic mass is 19.4. The Kier molecular flexibility index (Phi) is 13.7. The van der Waals surface area contributed by atoms with Crippen LogP contribution in [-0.2, 0) is 44.4 Å². The van der Waals surface area contributed by atoms with Crippen LogP contribution < -0.4 is 15.0 Å². The molecule has 2 aromatic carbocycles. The minimum absolute atomic E-state index is 0.00964. The molecule has 19 heteroatoms. The zero-order chi connectivity index (χ0) is 42.2. The van der Waals surface area contributed by atoms with Crippen LogP contribution in [0.15, 0.2) is 78.0 Å². The van der Waals surface area contributed by atoms with Gasteiger partial charge in [0.2, 0.25) is 5.88 Å². The van der Waals surface area contributed by atoms with Crippen molar-refractivity contribution in [3.8, 4) is 5.88 Å². The third-order valence-corrected chi connectivity index (χ3v) is 9.00. The first-order chi connectivity index (χ1) is 27.6. The molecule has 4 aromatic rings. The molecule has 1 N–H and O–H groups in total. The van der Waals surface area contributed by atoms with E-state index in [9.17, 15) is 40.7 Å². The molecular weight excluding hydrogens is 778 g/mol. The number of methoxy groups -OCH3 is 2. The minimum atomic E-state index is -5.17. The molecule has 13 nitrogen and oxygen atoms in total. The molecule has 58 heavy (non-hydrogen) atoms. The largest absolute Gasteiger partial charge is 0.481 e. The molecule has 3 atom stereocenters. The van der Waals surface area contributed by atoms with Gasteiger partial charge in [0.25, 0.3) is 0 Å². The molecule has 3 heterocycles. The number of amides is 2. The summed E-state index contributed by atoms with van der Waals surface area (Å²) in [4.78, 5) is 56.5. The van der Waals surface area contributed by atoms with Gasteiger partial charge in [-0.15, -0.1) is 0 Å². The zero-order valence-corrected chi connectivity index (χ0v) is 31.6.